The summed E-state index contributed by atoms with van der Waals surface area (Å²) >= 11 is 0. The van der Waals surface area contributed by atoms with Crippen LogP contribution in [0.4, 0.5) is 9.18 Å². The first-order chi connectivity index (χ1) is 12.5. The molecule has 2 aliphatic rings. The number of amides is 2. The Morgan fingerprint density at radius 2 is 1.92 bits per heavy atom. The topological polar surface area (TPSA) is 88.1 Å². The van der Waals surface area contributed by atoms with Crippen LogP contribution in [-0.4, -0.2) is 54.4 Å². The van der Waals surface area contributed by atoms with E-state index in [1.807, 2.05) is 0 Å². The van der Waals surface area contributed by atoms with Crippen molar-refractivity contribution in [3.8, 4) is 11.5 Å². The molecule has 0 unspecified atom stereocenters. The zero-order valence-electron chi connectivity index (χ0n) is 14.6. The second-order valence-electron chi connectivity index (χ2n) is 6.76. The summed E-state index contributed by atoms with van der Waals surface area (Å²) in [6, 6.07) is 4.11. The summed E-state index contributed by atoms with van der Waals surface area (Å²) in [7, 11) is 1.49. The van der Waals surface area contributed by atoms with Gasteiger partial charge in [-0.25, -0.2) is 9.18 Å². The van der Waals surface area contributed by atoms with Crippen molar-refractivity contribution >= 4 is 12.0 Å². The number of likely N-dealkylation sites (tertiary alicyclic amines) is 1. The van der Waals surface area contributed by atoms with Crippen molar-refractivity contribution in [3.05, 3.63) is 24.0 Å². The average Bonchev–Trinajstić information content (AvgIpc) is 2.58. The fourth-order valence-electron chi connectivity index (χ4n) is 3.33. The Labute approximate surface area is 151 Å². The lowest BCUT2D eigenvalue weighted by Crippen LogP contribution is -2.50. The Morgan fingerprint density at radius 3 is 2.54 bits per heavy atom. The van der Waals surface area contributed by atoms with Crippen molar-refractivity contribution < 1.29 is 28.6 Å². The van der Waals surface area contributed by atoms with Crippen molar-refractivity contribution in [2.45, 2.75) is 37.8 Å². The number of piperidine rings is 1. The van der Waals surface area contributed by atoms with E-state index in [9.17, 15) is 14.0 Å². The minimum absolute atomic E-state index is 0.0152. The zero-order chi connectivity index (χ0) is 18.7. The van der Waals surface area contributed by atoms with Crippen LogP contribution in [0.15, 0.2) is 18.2 Å². The van der Waals surface area contributed by atoms with E-state index < -0.39 is 11.9 Å². The zero-order valence-corrected chi connectivity index (χ0v) is 14.6. The fraction of sp³-hybridized carbons (Fsp3) is 0.556. The number of benzene rings is 1. The number of hydrogen-bond donors (Lipinski definition) is 2. The lowest BCUT2D eigenvalue weighted by molar-refractivity contribution is -0.131. The molecule has 2 amide bonds. The highest BCUT2D eigenvalue weighted by Crippen LogP contribution is 2.36. The molecule has 2 fully saturated rings. The Kier molecular flexibility index (Phi) is 5.49. The summed E-state index contributed by atoms with van der Waals surface area (Å²) in [4.78, 5) is 24.6. The van der Waals surface area contributed by atoms with E-state index in [1.54, 1.807) is 0 Å². The standard InChI is InChI=1S/C18H23FN2O5/c1-25-15-3-2-12(19)10-16(15)26-14-8-11(9-14)17(22)20-13-4-6-21(7-5-13)18(23)24/h2-3,10-11,13-14H,4-9H2,1H3,(H,20,22)(H,23,24)/t11-,14-. The maximum Gasteiger partial charge on any atom is 0.407 e. The number of hydrogen-bond acceptors (Lipinski definition) is 4. The molecule has 142 valence electrons. The Morgan fingerprint density at radius 1 is 1.23 bits per heavy atom. The number of halogens is 1. The molecule has 26 heavy (non-hydrogen) atoms. The first kappa shape index (κ1) is 18.3. The van der Waals surface area contributed by atoms with E-state index in [2.05, 4.69) is 5.32 Å². The molecule has 2 N–H and O–H groups in total. The number of carbonyl (C=O) groups excluding carboxylic acids is 1. The second-order valence-corrected chi connectivity index (χ2v) is 6.76. The quantitative estimate of drug-likeness (QED) is 0.834. The number of carbonyl (C=O) groups is 2. The molecule has 0 radical (unpaired) electrons. The molecule has 0 atom stereocenters. The molecule has 8 heteroatoms. The molecule has 3 rings (SSSR count). The highest BCUT2D eigenvalue weighted by atomic mass is 19.1. The average molecular weight is 366 g/mol. The molecule has 1 aliphatic heterocycles. The highest BCUT2D eigenvalue weighted by molar-refractivity contribution is 5.80. The Hall–Kier alpha value is -2.51. The monoisotopic (exact) mass is 366 g/mol. The Bertz CT molecular complexity index is 670. The molecule has 1 aromatic rings. The lowest BCUT2D eigenvalue weighted by Gasteiger charge is -2.36. The number of methoxy groups -OCH3 is 1. The van der Waals surface area contributed by atoms with E-state index >= 15 is 0 Å². The summed E-state index contributed by atoms with van der Waals surface area (Å²) in [5.41, 5.74) is 0. The van der Waals surface area contributed by atoms with Gasteiger partial charge in [0.2, 0.25) is 5.91 Å². The summed E-state index contributed by atoms with van der Waals surface area (Å²) in [5, 5.41) is 11.9. The molecule has 1 aliphatic carbocycles. The van der Waals surface area contributed by atoms with E-state index in [4.69, 9.17) is 14.6 Å². The van der Waals surface area contributed by atoms with Gasteiger partial charge in [0.25, 0.3) is 0 Å². The third-order valence-corrected chi connectivity index (χ3v) is 5.00. The third kappa shape index (κ3) is 4.17. The van der Waals surface area contributed by atoms with Gasteiger partial charge in [-0.05, 0) is 37.8 Å². The fourth-order valence-corrected chi connectivity index (χ4v) is 3.33. The Balaban J connectivity index is 1.43. The predicted octanol–water partition coefficient (Wildman–Crippen LogP) is 2.25. The van der Waals surface area contributed by atoms with Gasteiger partial charge in [0, 0.05) is 31.1 Å². The van der Waals surface area contributed by atoms with Gasteiger partial charge in [-0.3, -0.25) is 4.79 Å². The van der Waals surface area contributed by atoms with Crippen LogP contribution in [0.5, 0.6) is 11.5 Å². The summed E-state index contributed by atoms with van der Waals surface area (Å²) in [6.45, 7) is 0.881. The molecule has 1 saturated heterocycles. The van der Waals surface area contributed by atoms with Crippen molar-refractivity contribution in [1.82, 2.24) is 10.2 Å². The van der Waals surface area contributed by atoms with E-state index in [-0.39, 0.29) is 24.0 Å². The SMILES string of the molecule is COc1ccc(F)cc1O[C@H]1C[C@H](C(=O)NC2CCN(C(=O)O)CC2)C1. The molecular weight excluding hydrogens is 343 g/mol. The molecule has 0 spiro atoms. The highest BCUT2D eigenvalue weighted by Gasteiger charge is 2.37. The van der Waals surface area contributed by atoms with Crippen molar-refractivity contribution in [2.75, 3.05) is 20.2 Å². The number of nitrogens with one attached hydrogen (secondary N) is 1. The van der Waals surface area contributed by atoms with Crippen LogP contribution in [0.25, 0.3) is 0 Å². The van der Waals surface area contributed by atoms with Crippen LogP contribution in [0.3, 0.4) is 0 Å². The van der Waals surface area contributed by atoms with Crippen LogP contribution in [0.2, 0.25) is 0 Å². The predicted molar refractivity (Wildman–Crippen MR) is 90.9 cm³/mol. The molecule has 1 saturated carbocycles. The first-order valence-corrected chi connectivity index (χ1v) is 8.74. The summed E-state index contributed by atoms with van der Waals surface area (Å²) in [6.07, 6.45) is 1.34. The van der Waals surface area contributed by atoms with E-state index in [0.717, 1.165) is 0 Å². The van der Waals surface area contributed by atoms with Crippen molar-refractivity contribution in [1.29, 1.82) is 0 Å². The largest absolute Gasteiger partial charge is 0.493 e. The van der Waals surface area contributed by atoms with Gasteiger partial charge >= 0.3 is 6.09 Å². The van der Waals surface area contributed by atoms with Crippen molar-refractivity contribution in [3.63, 3.8) is 0 Å². The van der Waals surface area contributed by atoms with Gasteiger partial charge in [-0.15, -0.1) is 0 Å². The van der Waals surface area contributed by atoms with Gasteiger partial charge in [0.05, 0.1) is 7.11 Å². The number of rotatable bonds is 5. The number of carboxylic acid groups (broad SMARTS) is 1. The maximum absolute atomic E-state index is 13.4. The van der Waals surface area contributed by atoms with Gasteiger partial charge in [-0.1, -0.05) is 0 Å². The second kappa shape index (κ2) is 7.80. The summed E-state index contributed by atoms with van der Waals surface area (Å²) < 4.78 is 24.3. The maximum atomic E-state index is 13.4. The van der Waals surface area contributed by atoms with Crippen LogP contribution in [-0.2, 0) is 4.79 Å². The molecule has 0 bridgehead atoms. The van der Waals surface area contributed by atoms with Crippen molar-refractivity contribution in [2.24, 2.45) is 5.92 Å². The number of nitrogens with zero attached hydrogens (tertiary/aromatic N) is 1. The van der Waals surface area contributed by atoms with Crippen LogP contribution in [0, 0.1) is 11.7 Å². The first-order valence-electron chi connectivity index (χ1n) is 8.74. The third-order valence-electron chi connectivity index (χ3n) is 5.00. The molecular formula is C18H23FN2O5. The molecule has 0 aromatic heterocycles. The number of ether oxygens (including phenoxy) is 2. The van der Waals surface area contributed by atoms with Crippen LogP contribution in [0.1, 0.15) is 25.7 Å². The molecule has 7 nitrogen and oxygen atoms in total. The summed E-state index contributed by atoms with van der Waals surface area (Å²) in [5.74, 6) is 0.255. The van der Waals surface area contributed by atoms with E-state index in [1.165, 1.54) is 30.2 Å². The normalized spacial score (nSPS) is 23.1. The van der Waals surface area contributed by atoms with Gasteiger partial charge < -0.3 is 24.8 Å². The van der Waals surface area contributed by atoms with Gasteiger partial charge in [0.1, 0.15) is 11.9 Å². The van der Waals surface area contributed by atoms with Gasteiger partial charge in [-0.2, -0.15) is 0 Å². The van der Waals surface area contributed by atoms with Gasteiger partial charge in [0.15, 0.2) is 11.5 Å². The smallest absolute Gasteiger partial charge is 0.407 e. The molecule has 1 aromatic carbocycles. The van der Waals surface area contributed by atoms with Crippen LogP contribution < -0.4 is 14.8 Å². The molecule has 1 heterocycles. The minimum Gasteiger partial charge on any atom is -0.493 e. The van der Waals surface area contributed by atoms with E-state index in [0.29, 0.717) is 50.3 Å². The van der Waals surface area contributed by atoms with Crippen LogP contribution >= 0.6 is 0 Å². The lowest BCUT2D eigenvalue weighted by atomic mass is 9.81. The minimum atomic E-state index is -0.915.